The van der Waals surface area contributed by atoms with Gasteiger partial charge in [-0.3, -0.25) is 0 Å². The Hall–Kier alpha value is -4.08. The Morgan fingerprint density at radius 3 is 2.53 bits per heavy atom. The van der Waals surface area contributed by atoms with Crippen LogP contribution >= 0.6 is 0 Å². The summed E-state index contributed by atoms with van der Waals surface area (Å²) in [6.07, 6.45) is 1.61. The van der Waals surface area contributed by atoms with Crippen molar-refractivity contribution in [3.05, 3.63) is 48.7 Å². The third kappa shape index (κ3) is 4.02. The number of pyridine rings is 1. The quantitative estimate of drug-likeness (QED) is 0.492. The van der Waals surface area contributed by atoms with Crippen LogP contribution in [0.3, 0.4) is 0 Å². The summed E-state index contributed by atoms with van der Waals surface area (Å²) in [7, 11) is 3.61. The zero-order valence-electron chi connectivity index (χ0n) is 16.8. The standard InChI is InChI=1S/C20H20N8O2/c1-4-29-15-11-10-13(12-22-15)18-23-17(27-30-18)16-24-19(21-2)26-20(25-16)28(3)14-8-6-5-7-9-14/h5-12H,4H2,1-3H3,(H,21,24,25,26). The number of hydrogen-bond donors (Lipinski definition) is 1. The molecule has 0 bridgehead atoms. The molecule has 3 heterocycles. The molecule has 0 aliphatic rings. The van der Waals surface area contributed by atoms with Crippen LogP contribution in [0.2, 0.25) is 0 Å². The molecule has 152 valence electrons. The lowest BCUT2D eigenvalue weighted by Crippen LogP contribution is -2.15. The van der Waals surface area contributed by atoms with E-state index in [1.165, 1.54) is 0 Å². The predicted molar refractivity (Wildman–Crippen MR) is 112 cm³/mol. The lowest BCUT2D eigenvalue weighted by Gasteiger charge is -2.17. The van der Waals surface area contributed by atoms with E-state index in [0.717, 1.165) is 5.69 Å². The largest absolute Gasteiger partial charge is 0.478 e. The van der Waals surface area contributed by atoms with Crippen LogP contribution in [-0.4, -0.2) is 50.8 Å². The second-order valence-corrected chi connectivity index (χ2v) is 6.17. The van der Waals surface area contributed by atoms with Crippen molar-refractivity contribution in [3.8, 4) is 29.0 Å². The smallest absolute Gasteiger partial charge is 0.259 e. The van der Waals surface area contributed by atoms with Gasteiger partial charge >= 0.3 is 0 Å². The van der Waals surface area contributed by atoms with E-state index in [-0.39, 0.29) is 5.82 Å². The van der Waals surface area contributed by atoms with Crippen molar-refractivity contribution >= 4 is 17.6 Å². The molecule has 0 amide bonds. The van der Waals surface area contributed by atoms with Gasteiger partial charge in [0.1, 0.15) is 0 Å². The maximum Gasteiger partial charge on any atom is 0.259 e. The van der Waals surface area contributed by atoms with Gasteiger partial charge in [0, 0.05) is 32.0 Å². The van der Waals surface area contributed by atoms with Crippen molar-refractivity contribution < 1.29 is 9.26 Å². The van der Waals surface area contributed by atoms with Crippen molar-refractivity contribution in [2.24, 2.45) is 0 Å². The Kier molecular flexibility index (Phi) is 5.46. The number of para-hydroxylation sites is 1. The topological polar surface area (TPSA) is 115 Å². The zero-order chi connectivity index (χ0) is 20.9. The highest BCUT2D eigenvalue weighted by Crippen LogP contribution is 2.25. The molecule has 3 aromatic heterocycles. The van der Waals surface area contributed by atoms with Crippen LogP contribution in [0.5, 0.6) is 5.88 Å². The van der Waals surface area contributed by atoms with Gasteiger partial charge in [0.25, 0.3) is 5.89 Å². The van der Waals surface area contributed by atoms with E-state index in [2.05, 4.69) is 35.4 Å². The summed E-state index contributed by atoms with van der Waals surface area (Å²) in [4.78, 5) is 23.8. The van der Waals surface area contributed by atoms with Gasteiger partial charge in [0.15, 0.2) is 0 Å². The summed E-state index contributed by atoms with van der Waals surface area (Å²) in [5.74, 6) is 2.23. The molecule has 0 aliphatic heterocycles. The minimum atomic E-state index is 0.250. The van der Waals surface area contributed by atoms with E-state index in [9.17, 15) is 0 Å². The summed E-state index contributed by atoms with van der Waals surface area (Å²) in [5.41, 5.74) is 1.60. The number of benzene rings is 1. The lowest BCUT2D eigenvalue weighted by atomic mass is 10.3. The van der Waals surface area contributed by atoms with E-state index < -0.39 is 0 Å². The minimum absolute atomic E-state index is 0.250. The van der Waals surface area contributed by atoms with Gasteiger partial charge in [-0.15, -0.1) is 0 Å². The molecule has 0 radical (unpaired) electrons. The van der Waals surface area contributed by atoms with Crippen molar-refractivity contribution in [2.45, 2.75) is 6.92 Å². The number of rotatable bonds is 7. The molecule has 1 N–H and O–H groups in total. The molecule has 0 saturated heterocycles. The van der Waals surface area contributed by atoms with Crippen LogP contribution in [-0.2, 0) is 0 Å². The molecular weight excluding hydrogens is 384 g/mol. The van der Waals surface area contributed by atoms with Crippen LogP contribution in [0.25, 0.3) is 23.1 Å². The minimum Gasteiger partial charge on any atom is -0.478 e. The fourth-order valence-electron chi connectivity index (χ4n) is 2.67. The van der Waals surface area contributed by atoms with Gasteiger partial charge in [0.05, 0.1) is 12.2 Å². The molecule has 0 fully saturated rings. The zero-order valence-corrected chi connectivity index (χ0v) is 16.8. The van der Waals surface area contributed by atoms with Gasteiger partial charge in [-0.25, -0.2) is 4.98 Å². The molecule has 4 aromatic rings. The number of nitrogens with one attached hydrogen (secondary N) is 1. The van der Waals surface area contributed by atoms with Crippen molar-refractivity contribution in [1.82, 2.24) is 30.1 Å². The second-order valence-electron chi connectivity index (χ2n) is 6.17. The number of aromatic nitrogens is 6. The fraction of sp³-hybridized carbons (Fsp3) is 0.200. The number of anilines is 3. The number of ether oxygens (including phenoxy) is 1. The normalized spacial score (nSPS) is 10.6. The highest BCUT2D eigenvalue weighted by Gasteiger charge is 2.18. The van der Waals surface area contributed by atoms with E-state index in [0.29, 0.717) is 41.7 Å². The average molecular weight is 404 g/mol. The molecular formula is C20H20N8O2. The third-order valence-electron chi connectivity index (χ3n) is 4.19. The molecule has 10 heteroatoms. The SMILES string of the molecule is CCOc1ccc(-c2nc(-c3nc(NC)nc(N(C)c4ccccc4)n3)no2)cn1. The maximum atomic E-state index is 5.39. The van der Waals surface area contributed by atoms with Gasteiger partial charge in [-0.2, -0.15) is 19.9 Å². The summed E-state index contributed by atoms with van der Waals surface area (Å²) in [6.45, 7) is 2.45. The number of hydrogen-bond acceptors (Lipinski definition) is 10. The maximum absolute atomic E-state index is 5.39. The molecule has 1 aromatic carbocycles. The molecule has 0 aliphatic carbocycles. The average Bonchev–Trinajstić information content (AvgIpc) is 3.30. The highest BCUT2D eigenvalue weighted by molar-refractivity contribution is 5.60. The Labute approximate surface area is 173 Å². The van der Waals surface area contributed by atoms with Crippen LogP contribution in [0, 0.1) is 0 Å². The molecule has 4 rings (SSSR count). The predicted octanol–water partition coefficient (Wildman–Crippen LogP) is 3.19. The highest BCUT2D eigenvalue weighted by atomic mass is 16.5. The summed E-state index contributed by atoms with van der Waals surface area (Å²) < 4.78 is 10.7. The van der Waals surface area contributed by atoms with E-state index in [1.54, 1.807) is 25.4 Å². The van der Waals surface area contributed by atoms with Gasteiger partial charge in [0.2, 0.25) is 29.4 Å². The monoisotopic (exact) mass is 404 g/mol. The summed E-state index contributed by atoms with van der Waals surface area (Å²) in [6, 6.07) is 13.3. The first-order valence-electron chi connectivity index (χ1n) is 9.34. The van der Waals surface area contributed by atoms with Crippen LogP contribution < -0.4 is 15.0 Å². The summed E-state index contributed by atoms with van der Waals surface area (Å²) in [5, 5.41) is 6.97. The van der Waals surface area contributed by atoms with Gasteiger partial charge in [-0.05, 0) is 25.1 Å². The Morgan fingerprint density at radius 2 is 1.83 bits per heavy atom. The van der Waals surface area contributed by atoms with E-state index in [4.69, 9.17) is 9.26 Å². The number of nitrogens with zero attached hydrogens (tertiary/aromatic N) is 7. The van der Waals surface area contributed by atoms with Crippen LogP contribution in [0.15, 0.2) is 53.2 Å². The third-order valence-corrected chi connectivity index (χ3v) is 4.19. The van der Waals surface area contributed by atoms with Gasteiger partial charge < -0.3 is 19.5 Å². The van der Waals surface area contributed by atoms with Gasteiger partial charge in [-0.1, -0.05) is 23.4 Å². The molecule has 0 saturated carbocycles. The molecule has 10 nitrogen and oxygen atoms in total. The summed E-state index contributed by atoms with van der Waals surface area (Å²) >= 11 is 0. The first-order valence-corrected chi connectivity index (χ1v) is 9.34. The van der Waals surface area contributed by atoms with Crippen LogP contribution in [0.1, 0.15) is 6.92 Å². The molecule has 0 unspecified atom stereocenters. The van der Waals surface area contributed by atoms with Crippen molar-refractivity contribution in [1.29, 1.82) is 0 Å². The Bertz CT molecular complexity index is 1120. The first-order chi connectivity index (χ1) is 14.7. The molecule has 0 atom stereocenters. The van der Waals surface area contributed by atoms with E-state index >= 15 is 0 Å². The van der Waals surface area contributed by atoms with E-state index in [1.807, 2.05) is 49.2 Å². The van der Waals surface area contributed by atoms with Crippen molar-refractivity contribution in [2.75, 3.05) is 30.9 Å². The lowest BCUT2D eigenvalue weighted by molar-refractivity contribution is 0.327. The van der Waals surface area contributed by atoms with Crippen LogP contribution in [0.4, 0.5) is 17.6 Å². The Balaban J connectivity index is 1.65. The first kappa shape index (κ1) is 19.2. The molecule has 30 heavy (non-hydrogen) atoms. The Morgan fingerprint density at radius 1 is 1.00 bits per heavy atom. The molecule has 0 spiro atoms. The second kappa shape index (κ2) is 8.52. The fourth-order valence-corrected chi connectivity index (χ4v) is 2.67. The van der Waals surface area contributed by atoms with Crippen molar-refractivity contribution in [3.63, 3.8) is 0 Å².